The third kappa shape index (κ3) is 3.38. The summed E-state index contributed by atoms with van der Waals surface area (Å²) in [5, 5.41) is 5.78. The molecule has 4 nitrogen and oxygen atoms in total. The number of amides is 1. The molecule has 1 rings (SSSR count). The van der Waals surface area contributed by atoms with E-state index in [0.717, 1.165) is 23.3 Å². The van der Waals surface area contributed by atoms with Gasteiger partial charge in [0.05, 0.1) is 0 Å². The first-order valence-electron chi connectivity index (χ1n) is 5.16. The highest BCUT2D eigenvalue weighted by molar-refractivity contribution is 5.75. The number of aldehydes is 1. The number of carbonyl (C=O) groups excluding carboxylic acids is 2. The van der Waals surface area contributed by atoms with Crippen LogP contribution >= 0.6 is 0 Å². The summed E-state index contributed by atoms with van der Waals surface area (Å²) in [5.41, 5.74) is 2.60. The van der Waals surface area contributed by atoms with Crippen LogP contribution in [0.1, 0.15) is 19.8 Å². The van der Waals surface area contributed by atoms with Gasteiger partial charge >= 0.3 is 0 Å². The topological polar surface area (TPSA) is 58.2 Å². The maximum Gasteiger partial charge on any atom is 0.221 e. The lowest BCUT2D eigenvalue weighted by Crippen LogP contribution is -2.18. The maximum absolute atomic E-state index is 11.0. The molecule has 0 saturated heterocycles. The van der Waals surface area contributed by atoms with Crippen molar-refractivity contribution in [3.05, 3.63) is 35.2 Å². The van der Waals surface area contributed by atoms with Crippen molar-refractivity contribution in [1.29, 1.82) is 0 Å². The van der Waals surface area contributed by atoms with E-state index in [4.69, 9.17) is 0 Å². The van der Waals surface area contributed by atoms with E-state index in [9.17, 15) is 9.59 Å². The fraction of sp³-hybridized carbons (Fsp3) is 0.333. The third-order valence-corrected chi connectivity index (χ3v) is 2.23. The Morgan fingerprint density at radius 3 is 2.88 bits per heavy atom. The van der Waals surface area contributed by atoms with Gasteiger partial charge in [-0.25, -0.2) is 0 Å². The average molecular weight is 220 g/mol. The Hall–Kier alpha value is -1.84. The van der Waals surface area contributed by atoms with E-state index in [1.165, 1.54) is 6.92 Å². The van der Waals surface area contributed by atoms with Crippen LogP contribution in [0, 0.1) is 0 Å². The van der Waals surface area contributed by atoms with Gasteiger partial charge in [-0.2, -0.15) is 0 Å². The first-order chi connectivity index (χ1) is 7.67. The number of carbonyl (C=O) groups is 2. The fourth-order valence-corrected chi connectivity index (χ4v) is 1.57. The van der Waals surface area contributed by atoms with Gasteiger partial charge in [-0.15, -0.1) is 0 Å². The van der Waals surface area contributed by atoms with Crippen molar-refractivity contribution in [3.8, 4) is 0 Å². The molecule has 0 unspecified atom stereocenters. The van der Waals surface area contributed by atoms with Gasteiger partial charge in [0.25, 0.3) is 0 Å². The second-order valence-electron chi connectivity index (χ2n) is 3.52. The summed E-state index contributed by atoms with van der Waals surface area (Å²) in [5.74, 6) is -0.0991. The molecule has 0 heterocycles. The van der Waals surface area contributed by atoms with E-state index in [1.54, 1.807) is 0 Å². The average Bonchev–Trinajstić information content (AvgIpc) is 2.40. The zero-order chi connectivity index (χ0) is 12.0. The molecule has 0 bridgehead atoms. The van der Waals surface area contributed by atoms with Gasteiger partial charge in [0.15, 0.2) is 0 Å². The van der Waals surface area contributed by atoms with Gasteiger partial charge in [-0.1, -0.05) is 6.08 Å². The number of allylic oxidation sites excluding steroid dienone is 4. The molecule has 16 heavy (non-hydrogen) atoms. The quantitative estimate of drug-likeness (QED) is 0.696. The molecule has 0 fully saturated rings. The van der Waals surface area contributed by atoms with Gasteiger partial charge in [0, 0.05) is 38.2 Å². The number of nitrogens with one attached hydrogen (secondary N) is 2. The van der Waals surface area contributed by atoms with Crippen LogP contribution in [0.4, 0.5) is 0 Å². The van der Waals surface area contributed by atoms with Gasteiger partial charge in [-0.05, 0) is 17.7 Å². The molecule has 0 aromatic carbocycles. The van der Waals surface area contributed by atoms with Crippen LogP contribution in [-0.4, -0.2) is 19.2 Å². The summed E-state index contributed by atoms with van der Waals surface area (Å²) in [6.07, 6.45) is 7.57. The molecule has 0 spiro atoms. The summed E-state index contributed by atoms with van der Waals surface area (Å²) in [4.78, 5) is 21.5. The van der Waals surface area contributed by atoms with Crippen LogP contribution in [-0.2, 0) is 9.59 Å². The van der Waals surface area contributed by atoms with Crippen LogP contribution < -0.4 is 10.6 Å². The molecule has 0 aliphatic heterocycles. The molecule has 2 N–H and O–H groups in total. The summed E-state index contributed by atoms with van der Waals surface area (Å²) >= 11 is 0. The first kappa shape index (κ1) is 12.2. The summed E-state index contributed by atoms with van der Waals surface area (Å²) in [6, 6.07) is 0. The minimum Gasteiger partial charge on any atom is -0.388 e. The molecule has 86 valence electrons. The highest BCUT2D eigenvalue weighted by Crippen LogP contribution is 2.16. The van der Waals surface area contributed by atoms with E-state index in [-0.39, 0.29) is 5.91 Å². The molecular weight excluding hydrogens is 204 g/mol. The van der Waals surface area contributed by atoms with Crippen LogP contribution in [0.25, 0.3) is 0 Å². The molecule has 4 heteroatoms. The van der Waals surface area contributed by atoms with E-state index in [2.05, 4.69) is 10.6 Å². The van der Waals surface area contributed by atoms with Gasteiger partial charge in [0.1, 0.15) is 6.29 Å². The number of hydrogen-bond donors (Lipinski definition) is 2. The third-order valence-electron chi connectivity index (χ3n) is 2.23. The fourth-order valence-electron chi connectivity index (χ4n) is 1.57. The predicted octanol–water partition coefficient (Wildman–Crippen LogP) is 1.03. The highest BCUT2D eigenvalue weighted by atomic mass is 16.1. The summed E-state index contributed by atoms with van der Waals surface area (Å²) in [6.45, 7) is 1.47. The molecule has 1 aliphatic rings. The zero-order valence-electron chi connectivity index (χ0n) is 9.54. The van der Waals surface area contributed by atoms with Gasteiger partial charge in [-0.3, -0.25) is 4.79 Å². The number of rotatable bonds is 4. The molecule has 0 atom stereocenters. The Morgan fingerprint density at radius 2 is 2.31 bits per heavy atom. The van der Waals surface area contributed by atoms with Crippen molar-refractivity contribution in [2.75, 3.05) is 7.05 Å². The molecule has 0 saturated carbocycles. The first-order valence-corrected chi connectivity index (χ1v) is 5.16. The Balaban J connectivity index is 2.99. The second kappa shape index (κ2) is 5.90. The largest absolute Gasteiger partial charge is 0.388 e. The Morgan fingerprint density at radius 1 is 1.56 bits per heavy atom. The van der Waals surface area contributed by atoms with Crippen molar-refractivity contribution in [2.24, 2.45) is 0 Å². The Labute approximate surface area is 95.1 Å². The maximum atomic E-state index is 11.0. The van der Waals surface area contributed by atoms with Gasteiger partial charge < -0.3 is 15.4 Å². The minimum atomic E-state index is -0.0991. The van der Waals surface area contributed by atoms with Crippen molar-refractivity contribution in [1.82, 2.24) is 10.6 Å². The van der Waals surface area contributed by atoms with Crippen LogP contribution in [0.3, 0.4) is 0 Å². The number of hydrogen-bond acceptors (Lipinski definition) is 3. The van der Waals surface area contributed by atoms with E-state index >= 15 is 0 Å². The Kier molecular flexibility index (Phi) is 4.51. The molecule has 0 radical (unpaired) electrons. The normalized spacial score (nSPS) is 15.2. The van der Waals surface area contributed by atoms with E-state index in [1.807, 2.05) is 25.3 Å². The summed E-state index contributed by atoms with van der Waals surface area (Å²) in [7, 11) is 1.81. The Bertz CT molecular complexity index is 378. The SMILES string of the molecule is CNC1=C(CC=O)C=C(NC(C)=O)CC=C1. The van der Waals surface area contributed by atoms with E-state index < -0.39 is 0 Å². The molecule has 1 amide bonds. The lowest BCUT2D eigenvalue weighted by Gasteiger charge is -2.07. The standard InChI is InChI=1S/C12H16N2O2/c1-9(16)14-11-4-3-5-12(13-2)10(8-11)6-7-15/h3,5,7-8,13H,4,6H2,1-2H3,(H,14,16). The van der Waals surface area contributed by atoms with Crippen molar-refractivity contribution < 1.29 is 9.59 Å². The van der Waals surface area contributed by atoms with Crippen molar-refractivity contribution in [2.45, 2.75) is 19.8 Å². The lowest BCUT2D eigenvalue weighted by atomic mass is 10.1. The zero-order valence-corrected chi connectivity index (χ0v) is 9.54. The number of likely N-dealkylation sites (N-methyl/N-ethyl adjacent to an activating group) is 1. The summed E-state index contributed by atoms with van der Waals surface area (Å²) < 4.78 is 0. The van der Waals surface area contributed by atoms with Crippen LogP contribution in [0.15, 0.2) is 35.2 Å². The predicted molar refractivity (Wildman–Crippen MR) is 62.4 cm³/mol. The van der Waals surface area contributed by atoms with Crippen molar-refractivity contribution >= 4 is 12.2 Å². The molecule has 0 aromatic heterocycles. The van der Waals surface area contributed by atoms with Gasteiger partial charge in [0.2, 0.25) is 5.91 Å². The molecule has 1 aliphatic carbocycles. The highest BCUT2D eigenvalue weighted by Gasteiger charge is 2.07. The van der Waals surface area contributed by atoms with E-state index in [0.29, 0.717) is 12.8 Å². The molecule has 0 aromatic rings. The van der Waals surface area contributed by atoms with Crippen LogP contribution in [0.2, 0.25) is 0 Å². The van der Waals surface area contributed by atoms with Crippen molar-refractivity contribution in [3.63, 3.8) is 0 Å². The lowest BCUT2D eigenvalue weighted by molar-refractivity contribution is -0.118. The minimum absolute atomic E-state index is 0.0991. The monoisotopic (exact) mass is 220 g/mol. The molecular formula is C12H16N2O2. The van der Waals surface area contributed by atoms with Crippen LogP contribution in [0.5, 0.6) is 0 Å². The second-order valence-corrected chi connectivity index (χ2v) is 3.52. The smallest absolute Gasteiger partial charge is 0.221 e.